The summed E-state index contributed by atoms with van der Waals surface area (Å²) in [6, 6.07) is 17.1. The van der Waals surface area contributed by atoms with Crippen LogP contribution in [0.5, 0.6) is 0 Å². The number of hydrogen-bond acceptors (Lipinski definition) is 7. The summed E-state index contributed by atoms with van der Waals surface area (Å²) in [5.41, 5.74) is 1.57. The van der Waals surface area contributed by atoms with Gasteiger partial charge >= 0.3 is 18.0 Å². The average molecular weight is 456 g/mol. The van der Waals surface area contributed by atoms with Gasteiger partial charge in [-0.3, -0.25) is 9.59 Å². The summed E-state index contributed by atoms with van der Waals surface area (Å²) in [7, 11) is 2.45. The molecule has 2 rings (SSSR count). The minimum absolute atomic E-state index is 0.0103. The Hall–Kier alpha value is -3.88. The van der Waals surface area contributed by atoms with E-state index in [4.69, 9.17) is 9.47 Å². The summed E-state index contributed by atoms with van der Waals surface area (Å²) < 4.78 is 14.6. The van der Waals surface area contributed by atoms with E-state index in [0.29, 0.717) is 0 Å². The van der Waals surface area contributed by atoms with Crippen LogP contribution in [0.4, 0.5) is 4.79 Å². The molecule has 0 fully saturated rings. The van der Waals surface area contributed by atoms with Crippen molar-refractivity contribution in [2.24, 2.45) is 0 Å². The van der Waals surface area contributed by atoms with Gasteiger partial charge < -0.3 is 24.4 Å². The van der Waals surface area contributed by atoms with Crippen molar-refractivity contribution in [2.75, 3.05) is 20.8 Å². The number of alkyl carbamates (subject to hydrolysis) is 1. The van der Waals surface area contributed by atoms with E-state index in [2.05, 4.69) is 10.1 Å². The molecule has 0 spiro atoms. The molecule has 2 aromatic carbocycles. The molecule has 0 aliphatic carbocycles. The summed E-state index contributed by atoms with van der Waals surface area (Å²) in [6.07, 6.45) is -0.839. The Bertz CT molecular complexity index is 919. The topological polar surface area (TPSA) is 111 Å². The molecule has 0 radical (unpaired) electrons. The van der Waals surface area contributed by atoms with E-state index in [1.54, 1.807) is 24.3 Å². The van der Waals surface area contributed by atoms with Crippen molar-refractivity contribution in [1.29, 1.82) is 0 Å². The van der Waals surface area contributed by atoms with Gasteiger partial charge in [0.15, 0.2) is 0 Å². The van der Waals surface area contributed by atoms with E-state index in [1.807, 2.05) is 36.4 Å². The van der Waals surface area contributed by atoms with Gasteiger partial charge in [-0.1, -0.05) is 60.7 Å². The number of carbonyl (C=O) groups excluding carboxylic acids is 4. The highest BCUT2D eigenvalue weighted by molar-refractivity contribution is 5.87. The second kappa shape index (κ2) is 13.5. The number of nitrogens with one attached hydrogen (secondary N) is 1. The summed E-state index contributed by atoms with van der Waals surface area (Å²) in [5.74, 6) is -1.72. The zero-order valence-electron chi connectivity index (χ0n) is 18.7. The molecule has 33 heavy (non-hydrogen) atoms. The van der Waals surface area contributed by atoms with E-state index >= 15 is 0 Å². The van der Waals surface area contributed by atoms with Crippen LogP contribution in [-0.4, -0.2) is 55.6 Å². The fourth-order valence-electron chi connectivity index (χ4n) is 3.07. The molecule has 1 atom stereocenters. The van der Waals surface area contributed by atoms with Crippen LogP contribution in [0.2, 0.25) is 0 Å². The summed E-state index contributed by atoms with van der Waals surface area (Å²) in [6.45, 7) is -0.258. The van der Waals surface area contributed by atoms with Crippen molar-refractivity contribution in [2.45, 2.75) is 32.0 Å². The van der Waals surface area contributed by atoms with Crippen molar-refractivity contribution in [3.05, 3.63) is 71.8 Å². The molecular formula is C24H28N2O7. The van der Waals surface area contributed by atoms with E-state index in [-0.39, 0.29) is 26.0 Å². The molecule has 0 aliphatic heterocycles. The largest absolute Gasteiger partial charge is 0.469 e. The number of esters is 2. The molecule has 9 heteroatoms. The molecule has 0 bridgehead atoms. The van der Waals surface area contributed by atoms with E-state index < -0.39 is 36.5 Å². The molecule has 1 N–H and O–H groups in total. The number of amides is 2. The van der Waals surface area contributed by atoms with Crippen molar-refractivity contribution < 1.29 is 33.4 Å². The van der Waals surface area contributed by atoms with Crippen molar-refractivity contribution >= 4 is 23.9 Å². The molecule has 0 saturated heterocycles. The van der Waals surface area contributed by atoms with Gasteiger partial charge in [-0.25, -0.2) is 9.59 Å². The number of hydrogen-bond donors (Lipinski definition) is 1. The Labute approximate surface area is 192 Å². The molecule has 2 aromatic rings. The van der Waals surface area contributed by atoms with Crippen LogP contribution in [-0.2, 0) is 41.7 Å². The first-order valence-corrected chi connectivity index (χ1v) is 10.4. The van der Waals surface area contributed by atoms with E-state index in [1.165, 1.54) is 19.1 Å². The SMILES string of the molecule is COC(=O)CCC(C(=O)OC)N(Cc1ccccc1)C(=O)CNC(=O)OCc1ccccc1. The van der Waals surface area contributed by atoms with Crippen LogP contribution in [0, 0.1) is 0 Å². The molecule has 176 valence electrons. The van der Waals surface area contributed by atoms with Gasteiger partial charge in [0.1, 0.15) is 19.2 Å². The van der Waals surface area contributed by atoms with E-state index in [0.717, 1.165) is 11.1 Å². The Morgan fingerprint density at radius 2 is 1.48 bits per heavy atom. The lowest BCUT2D eigenvalue weighted by Crippen LogP contribution is -2.49. The Balaban J connectivity index is 2.08. The molecule has 2 amide bonds. The smallest absolute Gasteiger partial charge is 0.407 e. The summed E-state index contributed by atoms with van der Waals surface area (Å²) >= 11 is 0. The van der Waals surface area contributed by atoms with Crippen LogP contribution in [0.25, 0.3) is 0 Å². The van der Waals surface area contributed by atoms with Gasteiger partial charge in [0.05, 0.1) is 14.2 Å². The molecule has 0 aromatic heterocycles. The standard InChI is InChI=1S/C24H28N2O7/c1-31-22(28)14-13-20(23(29)32-2)26(16-18-9-5-3-6-10-18)21(27)15-25-24(30)33-17-19-11-7-4-8-12-19/h3-12,20H,13-17H2,1-2H3,(H,25,30). The average Bonchev–Trinajstić information content (AvgIpc) is 2.86. The quantitative estimate of drug-likeness (QED) is 0.408. The fourth-order valence-corrected chi connectivity index (χ4v) is 3.07. The van der Waals surface area contributed by atoms with Gasteiger partial charge in [-0.15, -0.1) is 0 Å². The zero-order chi connectivity index (χ0) is 24.1. The van der Waals surface area contributed by atoms with Crippen molar-refractivity contribution in [1.82, 2.24) is 10.2 Å². The van der Waals surface area contributed by atoms with Crippen molar-refractivity contribution in [3.63, 3.8) is 0 Å². The highest BCUT2D eigenvalue weighted by Crippen LogP contribution is 2.15. The van der Waals surface area contributed by atoms with Crippen LogP contribution in [0.1, 0.15) is 24.0 Å². The third-order valence-corrected chi connectivity index (χ3v) is 4.81. The molecule has 9 nitrogen and oxygen atoms in total. The first-order chi connectivity index (χ1) is 15.9. The fraction of sp³-hybridized carbons (Fsp3) is 0.333. The van der Waals surface area contributed by atoms with Gasteiger partial charge in [0.2, 0.25) is 5.91 Å². The Morgan fingerprint density at radius 1 is 0.879 bits per heavy atom. The van der Waals surface area contributed by atoms with Gasteiger partial charge in [-0.2, -0.15) is 0 Å². The minimum Gasteiger partial charge on any atom is -0.469 e. The van der Waals surface area contributed by atoms with Gasteiger partial charge in [0.25, 0.3) is 0 Å². The van der Waals surface area contributed by atoms with Crippen molar-refractivity contribution in [3.8, 4) is 0 Å². The van der Waals surface area contributed by atoms with Gasteiger partial charge in [0, 0.05) is 13.0 Å². The molecular weight excluding hydrogens is 428 g/mol. The minimum atomic E-state index is -1.04. The number of nitrogens with zero attached hydrogens (tertiary/aromatic N) is 1. The lowest BCUT2D eigenvalue weighted by atomic mass is 10.1. The third-order valence-electron chi connectivity index (χ3n) is 4.81. The molecule has 1 unspecified atom stereocenters. The van der Waals surface area contributed by atoms with E-state index in [9.17, 15) is 19.2 Å². The number of ether oxygens (including phenoxy) is 3. The zero-order valence-corrected chi connectivity index (χ0v) is 18.7. The highest BCUT2D eigenvalue weighted by Gasteiger charge is 2.31. The van der Waals surface area contributed by atoms with Crippen LogP contribution in [0.3, 0.4) is 0 Å². The first kappa shape index (κ1) is 25.4. The summed E-state index contributed by atoms with van der Waals surface area (Å²) in [4.78, 5) is 50.5. The number of rotatable bonds is 11. The highest BCUT2D eigenvalue weighted by atomic mass is 16.5. The number of carbonyl (C=O) groups is 4. The predicted octanol–water partition coefficient (Wildman–Crippen LogP) is 2.44. The van der Waals surface area contributed by atoms with Crippen LogP contribution in [0.15, 0.2) is 60.7 Å². The van der Waals surface area contributed by atoms with Crippen LogP contribution < -0.4 is 5.32 Å². The third kappa shape index (κ3) is 8.64. The normalized spacial score (nSPS) is 11.1. The molecule has 0 saturated carbocycles. The maximum atomic E-state index is 13.0. The van der Waals surface area contributed by atoms with Gasteiger partial charge in [-0.05, 0) is 17.5 Å². The lowest BCUT2D eigenvalue weighted by molar-refractivity contribution is -0.154. The number of methoxy groups -OCH3 is 2. The monoisotopic (exact) mass is 456 g/mol. The number of benzene rings is 2. The predicted molar refractivity (Wildman–Crippen MR) is 119 cm³/mol. The first-order valence-electron chi connectivity index (χ1n) is 10.4. The Kier molecular flexibility index (Phi) is 10.4. The lowest BCUT2D eigenvalue weighted by Gasteiger charge is -2.30. The second-order valence-electron chi connectivity index (χ2n) is 7.08. The molecule has 0 aliphatic rings. The maximum Gasteiger partial charge on any atom is 0.407 e. The Morgan fingerprint density at radius 3 is 2.06 bits per heavy atom. The van der Waals surface area contributed by atoms with Crippen LogP contribution >= 0.6 is 0 Å². The summed E-state index contributed by atoms with van der Waals surface area (Å²) in [5, 5.41) is 2.41. The second-order valence-corrected chi connectivity index (χ2v) is 7.08. The maximum absolute atomic E-state index is 13.0. The molecule has 0 heterocycles.